The van der Waals surface area contributed by atoms with Crippen molar-refractivity contribution in [1.29, 1.82) is 0 Å². The fourth-order valence-corrected chi connectivity index (χ4v) is 4.09. The monoisotopic (exact) mass is 390 g/mol. The summed E-state index contributed by atoms with van der Waals surface area (Å²) < 4.78 is 14.4. The summed E-state index contributed by atoms with van der Waals surface area (Å²) in [6.45, 7) is 4.50. The Labute approximate surface area is 167 Å². The zero-order valence-electron chi connectivity index (χ0n) is 15.6. The minimum absolute atomic E-state index is 0.197. The van der Waals surface area contributed by atoms with Gasteiger partial charge in [0.2, 0.25) is 0 Å². The summed E-state index contributed by atoms with van der Waals surface area (Å²) >= 11 is 1.49. The molecule has 4 rings (SSSR count). The zero-order valence-corrected chi connectivity index (χ0v) is 16.5. The molecule has 28 heavy (non-hydrogen) atoms. The Hall–Kier alpha value is -3.05. The summed E-state index contributed by atoms with van der Waals surface area (Å²) in [7, 11) is 0. The molecule has 0 atom stereocenters. The first-order valence-corrected chi connectivity index (χ1v) is 9.82. The Balaban J connectivity index is 1.79. The fourth-order valence-electron chi connectivity index (χ4n) is 3.07. The lowest BCUT2D eigenvalue weighted by molar-refractivity contribution is 0.0985. The number of hydrogen-bond donors (Lipinski definition) is 0. The predicted molar refractivity (Wildman–Crippen MR) is 112 cm³/mol. The summed E-state index contributed by atoms with van der Waals surface area (Å²) in [6, 6.07) is 19.5. The quantitative estimate of drug-likeness (QED) is 0.435. The molecular weight excluding hydrogens is 371 g/mol. The van der Waals surface area contributed by atoms with Crippen molar-refractivity contribution >= 4 is 32.6 Å². The topological polar surface area (TPSA) is 33.2 Å². The summed E-state index contributed by atoms with van der Waals surface area (Å²) in [5.74, 6) is -0.561. The first-order valence-electron chi connectivity index (χ1n) is 9.01. The SMILES string of the molecule is Cc1ccc2sc(N(Cc3ccccc3)C(=O)c3ccc(F)cc3)nc2c1C. The molecule has 0 radical (unpaired) electrons. The van der Waals surface area contributed by atoms with E-state index >= 15 is 0 Å². The molecule has 0 aliphatic carbocycles. The molecule has 0 saturated carbocycles. The van der Waals surface area contributed by atoms with E-state index in [2.05, 4.69) is 13.0 Å². The molecule has 1 aromatic heterocycles. The second-order valence-corrected chi connectivity index (χ2v) is 7.74. The molecule has 0 saturated heterocycles. The van der Waals surface area contributed by atoms with Gasteiger partial charge in [0.05, 0.1) is 16.8 Å². The van der Waals surface area contributed by atoms with Gasteiger partial charge in [-0.05, 0) is 60.9 Å². The zero-order chi connectivity index (χ0) is 19.7. The van der Waals surface area contributed by atoms with E-state index in [4.69, 9.17) is 4.98 Å². The van der Waals surface area contributed by atoms with Gasteiger partial charge in [-0.3, -0.25) is 9.69 Å². The summed E-state index contributed by atoms with van der Waals surface area (Å²) in [5, 5.41) is 0.641. The largest absolute Gasteiger partial charge is 0.279 e. The van der Waals surface area contributed by atoms with Crippen LogP contribution in [-0.2, 0) is 6.54 Å². The number of thiazole rings is 1. The van der Waals surface area contributed by atoms with Gasteiger partial charge in [0, 0.05) is 5.56 Å². The Morgan fingerprint density at radius 3 is 2.43 bits per heavy atom. The molecular formula is C23H19FN2OS. The molecule has 3 nitrogen and oxygen atoms in total. The average Bonchev–Trinajstić information content (AvgIpc) is 3.15. The molecule has 4 aromatic rings. The van der Waals surface area contributed by atoms with Gasteiger partial charge in [0.1, 0.15) is 5.82 Å². The van der Waals surface area contributed by atoms with E-state index in [0.29, 0.717) is 17.2 Å². The maximum Gasteiger partial charge on any atom is 0.260 e. The van der Waals surface area contributed by atoms with Crippen LogP contribution in [0.15, 0.2) is 66.7 Å². The lowest BCUT2D eigenvalue weighted by Gasteiger charge is -2.20. The van der Waals surface area contributed by atoms with Crippen LogP contribution in [0.4, 0.5) is 9.52 Å². The average molecular weight is 390 g/mol. The van der Waals surface area contributed by atoms with E-state index in [0.717, 1.165) is 21.3 Å². The number of amides is 1. The van der Waals surface area contributed by atoms with E-state index in [-0.39, 0.29) is 11.7 Å². The second kappa shape index (κ2) is 7.52. The van der Waals surface area contributed by atoms with Gasteiger partial charge in [0.15, 0.2) is 5.13 Å². The van der Waals surface area contributed by atoms with Crippen molar-refractivity contribution in [2.24, 2.45) is 0 Å². The van der Waals surface area contributed by atoms with Crippen molar-refractivity contribution in [2.75, 3.05) is 4.90 Å². The van der Waals surface area contributed by atoms with Crippen LogP contribution in [0.2, 0.25) is 0 Å². The smallest absolute Gasteiger partial charge is 0.260 e. The molecule has 0 fully saturated rings. The lowest BCUT2D eigenvalue weighted by Crippen LogP contribution is -2.30. The number of anilines is 1. The second-order valence-electron chi connectivity index (χ2n) is 6.73. The van der Waals surface area contributed by atoms with Crippen LogP contribution < -0.4 is 4.90 Å². The minimum Gasteiger partial charge on any atom is -0.279 e. The Kier molecular flexibility index (Phi) is 4.92. The highest BCUT2D eigenvalue weighted by Gasteiger charge is 2.22. The van der Waals surface area contributed by atoms with Crippen LogP contribution in [-0.4, -0.2) is 10.9 Å². The van der Waals surface area contributed by atoms with Gasteiger partial charge < -0.3 is 0 Å². The first kappa shape index (κ1) is 18.3. The number of rotatable bonds is 4. The first-order chi connectivity index (χ1) is 13.5. The molecule has 1 heterocycles. The molecule has 0 N–H and O–H groups in total. The van der Waals surface area contributed by atoms with Crippen molar-refractivity contribution in [3.05, 3.63) is 94.8 Å². The van der Waals surface area contributed by atoms with Gasteiger partial charge in [-0.25, -0.2) is 9.37 Å². The highest BCUT2D eigenvalue weighted by atomic mass is 32.1. The fraction of sp³-hybridized carbons (Fsp3) is 0.130. The van der Waals surface area contributed by atoms with Crippen molar-refractivity contribution in [1.82, 2.24) is 4.98 Å². The highest BCUT2D eigenvalue weighted by molar-refractivity contribution is 7.22. The number of nitrogens with zero attached hydrogens (tertiary/aromatic N) is 2. The number of aromatic nitrogens is 1. The summed E-state index contributed by atoms with van der Waals surface area (Å²) in [4.78, 5) is 19.7. The Morgan fingerprint density at radius 1 is 1.00 bits per heavy atom. The molecule has 0 unspecified atom stereocenters. The van der Waals surface area contributed by atoms with Crippen LogP contribution >= 0.6 is 11.3 Å². The highest BCUT2D eigenvalue weighted by Crippen LogP contribution is 2.33. The molecule has 0 aliphatic heterocycles. The van der Waals surface area contributed by atoms with Crippen LogP contribution in [0.25, 0.3) is 10.2 Å². The van der Waals surface area contributed by atoms with Gasteiger partial charge in [-0.1, -0.05) is 47.7 Å². The van der Waals surface area contributed by atoms with Crippen LogP contribution in [0.3, 0.4) is 0 Å². The number of benzene rings is 3. The van der Waals surface area contributed by atoms with E-state index in [1.165, 1.54) is 41.2 Å². The van der Waals surface area contributed by atoms with Crippen LogP contribution in [0.1, 0.15) is 27.0 Å². The Morgan fingerprint density at radius 2 is 1.71 bits per heavy atom. The molecule has 0 bridgehead atoms. The summed E-state index contributed by atoms with van der Waals surface area (Å²) in [5.41, 5.74) is 4.65. The number of carbonyl (C=O) groups is 1. The van der Waals surface area contributed by atoms with Gasteiger partial charge in [0.25, 0.3) is 5.91 Å². The van der Waals surface area contributed by atoms with Crippen molar-refractivity contribution in [3.63, 3.8) is 0 Å². The van der Waals surface area contributed by atoms with E-state index in [1.54, 1.807) is 4.90 Å². The molecule has 5 heteroatoms. The molecule has 3 aromatic carbocycles. The van der Waals surface area contributed by atoms with Gasteiger partial charge in [-0.2, -0.15) is 0 Å². The normalized spacial score (nSPS) is 11.0. The maximum atomic E-state index is 13.3. The van der Waals surface area contributed by atoms with E-state index in [1.807, 2.05) is 43.3 Å². The standard InChI is InChI=1S/C23H19FN2OS/c1-15-8-13-20-21(16(15)2)25-23(28-20)26(14-17-6-4-3-5-7-17)22(27)18-9-11-19(24)12-10-18/h3-13H,14H2,1-2H3. The maximum absolute atomic E-state index is 13.3. The van der Waals surface area contributed by atoms with Crippen molar-refractivity contribution in [3.8, 4) is 0 Å². The van der Waals surface area contributed by atoms with E-state index < -0.39 is 0 Å². The summed E-state index contributed by atoms with van der Waals surface area (Å²) in [6.07, 6.45) is 0. The van der Waals surface area contributed by atoms with Crippen molar-refractivity contribution in [2.45, 2.75) is 20.4 Å². The minimum atomic E-state index is -0.364. The number of hydrogen-bond acceptors (Lipinski definition) is 3. The van der Waals surface area contributed by atoms with Crippen molar-refractivity contribution < 1.29 is 9.18 Å². The third-order valence-corrected chi connectivity index (χ3v) is 5.87. The van der Waals surface area contributed by atoms with Crippen LogP contribution in [0, 0.1) is 19.7 Å². The molecule has 0 aliphatic rings. The molecule has 140 valence electrons. The third kappa shape index (κ3) is 3.53. The number of halogens is 1. The predicted octanol–water partition coefficient (Wildman–Crippen LogP) is 5.90. The van der Waals surface area contributed by atoms with E-state index in [9.17, 15) is 9.18 Å². The van der Waals surface area contributed by atoms with Gasteiger partial charge in [-0.15, -0.1) is 0 Å². The van der Waals surface area contributed by atoms with Gasteiger partial charge >= 0.3 is 0 Å². The number of aryl methyl sites for hydroxylation is 2. The third-order valence-electron chi connectivity index (χ3n) is 4.82. The Bertz CT molecular complexity index is 1140. The number of fused-ring (bicyclic) bond motifs is 1. The van der Waals surface area contributed by atoms with Crippen LogP contribution in [0.5, 0.6) is 0 Å². The molecule has 1 amide bonds. The number of carbonyl (C=O) groups excluding carboxylic acids is 1. The lowest BCUT2D eigenvalue weighted by atomic mass is 10.1. The molecule has 0 spiro atoms.